The minimum atomic E-state index is -0.275. The van der Waals surface area contributed by atoms with Gasteiger partial charge in [-0.2, -0.15) is 0 Å². The summed E-state index contributed by atoms with van der Waals surface area (Å²) >= 11 is 0. The highest BCUT2D eigenvalue weighted by atomic mass is 16.3. The monoisotopic (exact) mass is 427 g/mol. The highest BCUT2D eigenvalue weighted by Gasteiger charge is 2.32. The number of benzene rings is 3. The molecule has 0 aliphatic heterocycles. The number of hydrogen-bond acceptors (Lipinski definition) is 4. The fourth-order valence-corrected chi connectivity index (χ4v) is 4.13. The van der Waals surface area contributed by atoms with Crippen molar-refractivity contribution in [2.24, 2.45) is 0 Å². The second-order valence-corrected chi connectivity index (χ2v) is 10.5. The molecular weight excluding hydrogens is 398 g/mol. The standard InChI is InChI=1S/C28H29NO3/c1-27(2,3)16-14-20(28(4,5)6)26(32)22(15-16)29-21-13-9-12-19-23(21)25(31)18-11-8-7-10-17(18)24(19)30/h7-15,29,32H,1-6H3. The predicted octanol–water partition coefficient (Wildman–Crippen LogP) is 6.51. The second-order valence-electron chi connectivity index (χ2n) is 10.5. The first-order valence-corrected chi connectivity index (χ1v) is 10.9. The number of aromatic hydroxyl groups is 1. The van der Waals surface area contributed by atoms with E-state index in [1.54, 1.807) is 42.5 Å². The molecule has 1 aliphatic carbocycles. The molecule has 1 aliphatic rings. The van der Waals surface area contributed by atoms with Crippen LogP contribution in [-0.2, 0) is 10.8 Å². The molecule has 2 N–H and O–H groups in total. The fraction of sp³-hybridized carbons (Fsp3) is 0.286. The molecule has 0 unspecified atom stereocenters. The van der Waals surface area contributed by atoms with E-state index in [0.717, 1.165) is 11.1 Å². The van der Waals surface area contributed by atoms with Crippen LogP contribution in [0.2, 0.25) is 0 Å². The van der Waals surface area contributed by atoms with E-state index in [-0.39, 0.29) is 28.1 Å². The van der Waals surface area contributed by atoms with Crippen molar-refractivity contribution < 1.29 is 14.7 Å². The lowest BCUT2D eigenvalue weighted by atomic mass is 9.79. The zero-order valence-electron chi connectivity index (χ0n) is 19.5. The Morgan fingerprint density at radius 2 is 1.28 bits per heavy atom. The number of fused-ring (bicyclic) bond motifs is 2. The summed E-state index contributed by atoms with van der Waals surface area (Å²) in [6, 6.07) is 16.1. The molecule has 3 aromatic rings. The van der Waals surface area contributed by atoms with Crippen LogP contribution in [0.4, 0.5) is 11.4 Å². The zero-order chi connectivity index (χ0) is 23.4. The van der Waals surface area contributed by atoms with Gasteiger partial charge in [0, 0.05) is 22.3 Å². The molecular formula is C28H29NO3. The third-order valence-corrected chi connectivity index (χ3v) is 6.01. The van der Waals surface area contributed by atoms with E-state index in [1.165, 1.54) is 0 Å². The summed E-state index contributed by atoms with van der Waals surface area (Å²) in [7, 11) is 0. The Kier molecular flexibility index (Phi) is 5.00. The Hall–Kier alpha value is -3.40. The highest BCUT2D eigenvalue weighted by molar-refractivity contribution is 6.30. The predicted molar refractivity (Wildman–Crippen MR) is 129 cm³/mol. The smallest absolute Gasteiger partial charge is 0.196 e. The van der Waals surface area contributed by atoms with Gasteiger partial charge in [0.25, 0.3) is 0 Å². The van der Waals surface area contributed by atoms with Crippen molar-refractivity contribution in [3.05, 3.63) is 88.0 Å². The van der Waals surface area contributed by atoms with Crippen LogP contribution >= 0.6 is 0 Å². The van der Waals surface area contributed by atoms with Crippen molar-refractivity contribution in [1.29, 1.82) is 0 Å². The van der Waals surface area contributed by atoms with Crippen molar-refractivity contribution >= 4 is 22.9 Å². The van der Waals surface area contributed by atoms with Crippen LogP contribution in [0.1, 0.15) is 84.5 Å². The maximum absolute atomic E-state index is 13.3. The molecule has 164 valence electrons. The second kappa shape index (κ2) is 7.33. The van der Waals surface area contributed by atoms with E-state index in [1.807, 2.05) is 12.1 Å². The number of carbonyl (C=O) groups is 2. The molecule has 0 saturated heterocycles. The van der Waals surface area contributed by atoms with E-state index in [9.17, 15) is 14.7 Å². The third kappa shape index (κ3) is 3.60. The van der Waals surface area contributed by atoms with Gasteiger partial charge in [-0.05, 0) is 28.5 Å². The molecule has 0 aromatic heterocycles. The van der Waals surface area contributed by atoms with Crippen LogP contribution in [0.25, 0.3) is 0 Å². The average molecular weight is 428 g/mol. The topological polar surface area (TPSA) is 66.4 Å². The van der Waals surface area contributed by atoms with E-state index < -0.39 is 0 Å². The number of phenols is 1. The Morgan fingerprint density at radius 1 is 0.688 bits per heavy atom. The largest absolute Gasteiger partial charge is 0.505 e. The average Bonchev–Trinajstić information content (AvgIpc) is 2.71. The van der Waals surface area contributed by atoms with Crippen molar-refractivity contribution in [2.45, 2.75) is 52.4 Å². The van der Waals surface area contributed by atoms with Gasteiger partial charge in [-0.15, -0.1) is 0 Å². The van der Waals surface area contributed by atoms with Crippen LogP contribution in [0.15, 0.2) is 54.6 Å². The molecule has 0 spiro atoms. The highest BCUT2D eigenvalue weighted by Crippen LogP contribution is 2.42. The van der Waals surface area contributed by atoms with Crippen LogP contribution < -0.4 is 5.32 Å². The molecule has 4 nitrogen and oxygen atoms in total. The lowest BCUT2D eigenvalue weighted by Gasteiger charge is -2.28. The van der Waals surface area contributed by atoms with E-state index in [0.29, 0.717) is 33.6 Å². The van der Waals surface area contributed by atoms with E-state index in [2.05, 4.69) is 46.9 Å². The van der Waals surface area contributed by atoms with Gasteiger partial charge in [-0.3, -0.25) is 9.59 Å². The summed E-state index contributed by atoms with van der Waals surface area (Å²) in [4.78, 5) is 26.4. The molecule has 0 radical (unpaired) electrons. The van der Waals surface area contributed by atoms with E-state index in [4.69, 9.17) is 0 Å². The number of ketones is 2. The van der Waals surface area contributed by atoms with Crippen molar-refractivity contribution in [2.75, 3.05) is 5.32 Å². The first-order valence-electron chi connectivity index (χ1n) is 10.9. The SMILES string of the molecule is CC(C)(C)c1cc(Nc2cccc3c2C(=O)c2ccccc2C3=O)c(O)c(C(C)(C)C)c1. The molecule has 4 heteroatoms. The number of anilines is 2. The Bertz CT molecular complexity index is 1260. The summed E-state index contributed by atoms with van der Waals surface area (Å²) in [6.45, 7) is 12.5. The number of carbonyl (C=O) groups excluding carboxylic acids is 2. The molecule has 3 aromatic carbocycles. The van der Waals surface area contributed by atoms with Gasteiger partial charge in [0.05, 0.1) is 16.9 Å². The summed E-state index contributed by atoms with van der Waals surface area (Å²) in [5.74, 6) is -0.208. The Balaban J connectivity index is 1.89. The van der Waals surface area contributed by atoms with Gasteiger partial charge in [-0.1, -0.05) is 84.0 Å². The van der Waals surface area contributed by atoms with Crippen LogP contribution in [-0.4, -0.2) is 16.7 Å². The van der Waals surface area contributed by atoms with Crippen LogP contribution in [0.3, 0.4) is 0 Å². The van der Waals surface area contributed by atoms with Crippen molar-refractivity contribution in [3.8, 4) is 5.75 Å². The summed E-state index contributed by atoms with van der Waals surface area (Å²) in [5, 5.41) is 14.4. The number of hydrogen-bond donors (Lipinski definition) is 2. The summed E-state index contributed by atoms with van der Waals surface area (Å²) < 4.78 is 0. The van der Waals surface area contributed by atoms with Crippen molar-refractivity contribution in [1.82, 2.24) is 0 Å². The van der Waals surface area contributed by atoms with Gasteiger partial charge >= 0.3 is 0 Å². The Morgan fingerprint density at radius 3 is 1.88 bits per heavy atom. The summed E-state index contributed by atoms with van der Waals surface area (Å²) in [6.07, 6.45) is 0. The molecule has 0 bridgehead atoms. The molecule has 4 rings (SSSR count). The van der Waals surface area contributed by atoms with Gasteiger partial charge in [0.1, 0.15) is 5.75 Å². The summed E-state index contributed by atoms with van der Waals surface area (Å²) in [5.41, 5.74) is 4.07. The number of nitrogens with one attached hydrogen (secondary N) is 1. The molecule has 0 saturated carbocycles. The number of phenolic OH excluding ortho intramolecular Hbond substituents is 1. The van der Waals surface area contributed by atoms with Gasteiger partial charge in [0.15, 0.2) is 11.6 Å². The van der Waals surface area contributed by atoms with Gasteiger partial charge < -0.3 is 10.4 Å². The normalized spacial score (nSPS) is 13.6. The number of rotatable bonds is 2. The van der Waals surface area contributed by atoms with Gasteiger partial charge in [-0.25, -0.2) is 0 Å². The Labute approximate surface area is 189 Å². The fourth-order valence-electron chi connectivity index (χ4n) is 4.13. The lowest BCUT2D eigenvalue weighted by Crippen LogP contribution is -2.22. The van der Waals surface area contributed by atoms with E-state index >= 15 is 0 Å². The molecule has 0 amide bonds. The zero-order valence-corrected chi connectivity index (χ0v) is 19.5. The molecule has 0 atom stereocenters. The minimum Gasteiger partial charge on any atom is -0.505 e. The lowest BCUT2D eigenvalue weighted by molar-refractivity contribution is 0.0979. The third-order valence-electron chi connectivity index (χ3n) is 6.01. The molecule has 32 heavy (non-hydrogen) atoms. The van der Waals surface area contributed by atoms with Gasteiger partial charge in [0.2, 0.25) is 0 Å². The van der Waals surface area contributed by atoms with Crippen LogP contribution in [0.5, 0.6) is 5.75 Å². The quantitative estimate of drug-likeness (QED) is 0.358. The first kappa shape index (κ1) is 21.8. The maximum Gasteiger partial charge on any atom is 0.196 e. The maximum atomic E-state index is 13.3. The van der Waals surface area contributed by atoms with Crippen LogP contribution in [0, 0.1) is 0 Å². The minimum absolute atomic E-state index is 0.134. The first-order chi connectivity index (χ1) is 14.9. The molecule has 0 heterocycles. The molecule has 0 fully saturated rings. The van der Waals surface area contributed by atoms with Crippen molar-refractivity contribution in [3.63, 3.8) is 0 Å².